The molecule has 0 aliphatic rings. The zero-order chi connectivity index (χ0) is 14.5. The Morgan fingerprint density at radius 1 is 1.25 bits per heavy atom. The molecule has 106 valence electrons. The summed E-state index contributed by atoms with van der Waals surface area (Å²) in [7, 11) is 1.66. The van der Waals surface area contributed by atoms with Crippen LogP contribution in [-0.2, 0) is 6.54 Å². The summed E-state index contributed by atoms with van der Waals surface area (Å²) in [5.41, 5.74) is 2.24. The lowest BCUT2D eigenvalue weighted by atomic mass is 10.1. The van der Waals surface area contributed by atoms with Gasteiger partial charge in [0.1, 0.15) is 11.5 Å². The fourth-order valence-corrected chi connectivity index (χ4v) is 2.57. The number of nitrogens with one attached hydrogen (secondary N) is 1. The number of benzene rings is 2. The van der Waals surface area contributed by atoms with E-state index in [1.807, 2.05) is 24.3 Å². The van der Waals surface area contributed by atoms with E-state index in [9.17, 15) is 5.11 Å². The van der Waals surface area contributed by atoms with Crippen molar-refractivity contribution >= 4 is 15.9 Å². The van der Waals surface area contributed by atoms with Crippen LogP contribution in [-0.4, -0.2) is 12.2 Å². The minimum Gasteiger partial charge on any atom is -0.508 e. The van der Waals surface area contributed by atoms with Gasteiger partial charge in [-0.3, -0.25) is 0 Å². The van der Waals surface area contributed by atoms with Crippen LogP contribution in [0.2, 0.25) is 0 Å². The van der Waals surface area contributed by atoms with E-state index in [2.05, 4.69) is 34.2 Å². The molecule has 0 saturated carbocycles. The van der Waals surface area contributed by atoms with E-state index in [4.69, 9.17) is 4.74 Å². The molecule has 1 atom stereocenters. The zero-order valence-electron chi connectivity index (χ0n) is 11.6. The maximum atomic E-state index is 9.44. The molecule has 0 spiro atoms. The summed E-state index contributed by atoms with van der Waals surface area (Å²) in [6.07, 6.45) is 0. The lowest BCUT2D eigenvalue weighted by molar-refractivity contribution is 0.411. The molecule has 2 aromatic rings. The number of hydrogen-bond donors (Lipinski definition) is 2. The second-order valence-electron chi connectivity index (χ2n) is 4.67. The van der Waals surface area contributed by atoms with E-state index in [1.54, 1.807) is 19.2 Å². The minimum atomic E-state index is 0.208. The highest BCUT2D eigenvalue weighted by molar-refractivity contribution is 9.10. The largest absolute Gasteiger partial charge is 0.508 e. The molecule has 0 aliphatic heterocycles. The first-order valence-corrected chi connectivity index (χ1v) is 7.24. The molecule has 1 unspecified atom stereocenters. The molecule has 0 heterocycles. The van der Waals surface area contributed by atoms with Crippen molar-refractivity contribution in [3.63, 3.8) is 0 Å². The summed E-state index contributed by atoms with van der Waals surface area (Å²) in [5.74, 6) is 1.12. The van der Waals surface area contributed by atoms with Crippen molar-refractivity contribution in [2.45, 2.75) is 19.5 Å². The monoisotopic (exact) mass is 335 g/mol. The maximum Gasteiger partial charge on any atom is 0.133 e. The fraction of sp³-hybridized carbons (Fsp3) is 0.250. The average Bonchev–Trinajstić information content (AvgIpc) is 2.44. The Morgan fingerprint density at radius 3 is 2.70 bits per heavy atom. The maximum absolute atomic E-state index is 9.44. The Balaban J connectivity index is 2.01. The smallest absolute Gasteiger partial charge is 0.133 e. The molecule has 0 bridgehead atoms. The molecule has 0 radical (unpaired) electrons. The summed E-state index contributed by atoms with van der Waals surface area (Å²) in [4.78, 5) is 0. The second-order valence-corrected chi connectivity index (χ2v) is 5.52. The molecule has 0 aromatic heterocycles. The highest BCUT2D eigenvalue weighted by atomic mass is 79.9. The van der Waals surface area contributed by atoms with E-state index in [1.165, 1.54) is 5.56 Å². The van der Waals surface area contributed by atoms with Crippen molar-refractivity contribution in [3.8, 4) is 11.5 Å². The van der Waals surface area contributed by atoms with Crippen LogP contribution in [0.5, 0.6) is 11.5 Å². The molecule has 2 aromatic carbocycles. The molecule has 20 heavy (non-hydrogen) atoms. The number of halogens is 1. The summed E-state index contributed by atoms with van der Waals surface area (Å²) >= 11 is 3.50. The van der Waals surface area contributed by atoms with Crippen LogP contribution in [0.3, 0.4) is 0 Å². The predicted octanol–water partition coefficient (Wildman–Crippen LogP) is 4.01. The number of phenolic OH excluding ortho intramolecular Hbond substituents is 1. The lowest BCUT2D eigenvalue weighted by Crippen LogP contribution is -2.18. The number of aromatic hydroxyl groups is 1. The Bertz CT molecular complexity index is 586. The molecule has 2 rings (SSSR count). The van der Waals surface area contributed by atoms with E-state index in [0.717, 1.165) is 15.8 Å². The highest BCUT2D eigenvalue weighted by Gasteiger charge is 2.08. The molecule has 0 amide bonds. The van der Waals surface area contributed by atoms with Gasteiger partial charge in [-0.05, 0) is 58.2 Å². The number of phenols is 1. The van der Waals surface area contributed by atoms with Crippen molar-refractivity contribution in [1.82, 2.24) is 5.32 Å². The molecule has 4 heteroatoms. The Labute approximate surface area is 127 Å². The molecule has 0 saturated heterocycles. The third-order valence-corrected chi connectivity index (χ3v) is 3.82. The van der Waals surface area contributed by atoms with E-state index in [-0.39, 0.29) is 6.04 Å². The van der Waals surface area contributed by atoms with Crippen LogP contribution < -0.4 is 10.1 Å². The van der Waals surface area contributed by atoms with Gasteiger partial charge in [0.2, 0.25) is 0 Å². The van der Waals surface area contributed by atoms with Gasteiger partial charge in [-0.2, -0.15) is 0 Å². The standard InChI is InChI=1S/C16H18BrNO2/c1-11(13-6-7-16(20-2)15(17)9-13)18-10-12-4-3-5-14(19)8-12/h3-9,11,18-19H,10H2,1-2H3. The van der Waals surface area contributed by atoms with Gasteiger partial charge in [-0.15, -0.1) is 0 Å². The van der Waals surface area contributed by atoms with Crippen LogP contribution in [0, 0.1) is 0 Å². The fourth-order valence-electron chi connectivity index (χ4n) is 2.01. The zero-order valence-corrected chi connectivity index (χ0v) is 13.1. The first-order valence-electron chi connectivity index (χ1n) is 6.45. The number of rotatable bonds is 5. The van der Waals surface area contributed by atoms with Gasteiger partial charge >= 0.3 is 0 Å². The molecule has 3 nitrogen and oxygen atoms in total. The van der Waals surface area contributed by atoms with Crippen molar-refractivity contribution in [2.24, 2.45) is 0 Å². The highest BCUT2D eigenvalue weighted by Crippen LogP contribution is 2.28. The van der Waals surface area contributed by atoms with Gasteiger partial charge in [0, 0.05) is 12.6 Å². The van der Waals surface area contributed by atoms with Crippen LogP contribution in [0.1, 0.15) is 24.1 Å². The first-order chi connectivity index (χ1) is 9.60. The number of ether oxygens (including phenoxy) is 1. The van der Waals surface area contributed by atoms with E-state index in [0.29, 0.717) is 12.3 Å². The molecule has 0 aliphatic carbocycles. The van der Waals surface area contributed by atoms with E-state index < -0.39 is 0 Å². The first kappa shape index (κ1) is 14.9. The van der Waals surface area contributed by atoms with Gasteiger partial charge in [0.05, 0.1) is 11.6 Å². The molecular formula is C16H18BrNO2. The van der Waals surface area contributed by atoms with Crippen LogP contribution >= 0.6 is 15.9 Å². The predicted molar refractivity (Wildman–Crippen MR) is 84.1 cm³/mol. The van der Waals surface area contributed by atoms with Gasteiger partial charge < -0.3 is 15.2 Å². The van der Waals surface area contributed by atoms with Crippen LogP contribution in [0.4, 0.5) is 0 Å². The Kier molecular flexibility index (Phi) is 5.04. The number of hydrogen-bond acceptors (Lipinski definition) is 3. The third-order valence-electron chi connectivity index (χ3n) is 3.20. The van der Waals surface area contributed by atoms with Gasteiger partial charge in [-0.1, -0.05) is 18.2 Å². The molecule has 0 fully saturated rings. The van der Waals surface area contributed by atoms with Crippen molar-refractivity contribution < 1.29 is 9.84 Å². The summed E-state index contributed by atoms with van der Waals surface area (Å²) < 4.78 is 6.17. The average molecular weight is 336 g/mol. The Morgan fingerprint density at radius 2 is 2.05 bits per heavy atom. The van der Waals surface area contributed by atoms with Crippen molar-refractivity contribution in [3.05, 3.63) is 58.1 Å². The van der Waals surface area contributed by atoms with Gasteiger partial charge in [0.15, 0.2) is 0 Å². The SMILES string of the molecule is COc1ccc(C(C)NCc2cccc(O)c2)cc1Br. The number of methoxy groups -OCH3 is 1. The minimum absolute atomic E-state index is 0.208. The van der Waals surface area contributed by atoms with Crippen LogP contribution in [0.15, 0.2) is 46.9 Å². The van der Waals surface area contributed by atoms with Crippen molar-refractivity contribution in [2.75, 3.05) is 7.11 Å². The summed E-state index contributed by atoms with van der Waals surface area (Å²) in [5, 5.41) is 12.9. The third kappa shape index (κ3) is 3.74. The normalized spacial score (nSPS) is 12.2. The quantitative estimate of drug-likeness (QED) is 0.867. The Hall–Kier alpha value is -1.52. The lowest BCUT2D eigenvalue weighted by Gasteiger charge is -2.15. The summed E-state index contributed by atoms with van der Waals surface area (Å²) in [6.45, 7) is 2.82. The molecule has 2 N–H and O–H groups in total. The van der Waals surface area contributed by atoms with Gasteiger partial charge in [0.25, 0.3) is 0 Å². The van der Waals surface area contributed by atoms with Crippen LogP contribution in [0.25, 0.3) is 0 Å². The molecular weight excluding hydrogens is 318 g/mol. The second kappa shape index (κ2) is 6.77. The van der Waals surface area contributed by atoms with Crippen molar-refractivity contribution in [1.29, 1.82) is 0 Å². The van der Waals surface area contributed by atoms with E-state index >= 15 is 0 Å². The summed E-state index contributed by atoms with van der Waals surface area (Å²) in [6, 6.07) is 13.5. The van der Waals surface area contributed by atoms with Gasteiger partial charge in [-0.25, -0.2) is 0 Å². The topological polar surface area (TPSA) is 41.5 Å².